The van der Waals surface area contributed by atoms with E-state index in [4.69, 9.17) is 0 Å². The van der Waals surface area contributed by atoms with Gasteiger partial charge in [0.15, 0.2) is 0 Å². The van der Waals surface area contributed by atoms with Gasteiger partial charge in [0.25, 0.3) is 0 Å². The van der Waals surface area contributed by atoms with Crippen molar-refractivity contribution in [3.63, 3.8) is 0 Å². The molecule has 3 aliphatic carbocycles. The van der Waals surface area contributed by atoms with Gasteiger partial charge in [-0.1, -0.05) is 144 Å². The van der Waals surface area contributed by atoms with Crippen LogP contribution in [0, 0.1) is 6.92 Å². The second-order valence-electron chi connectivity index (χ2n) is 16.3. The number of fused-ring (bicyclic) bond motifs is 9. The molecule has 0 nitrogen and oxygen atoms in total. The number of hydrogen-bond acceptors (Lipinski definition) is 0. The Kier molecular flexibility index (Phi) is 6.18. The van der Waals surface area contributed by atoms with Crippen LogP contribution in [0.5, 0.6) is 0 Å². The van der Waals surface area contributed by atoms with E-state index in [9.17, 15) is 0 Å². The van der Waals surface area contributed by atoms with Crippen molar-refractivity contribution in [3.05, 3.63) is 160 Å². The average molecular weight is 633 g/mol. The lowest BCUT2D eigenvalue weighted by molar-refractivity contribution is 0.659. The third kappa shape index (κ3) is 4.16. The lowest BCUT2D eigenvalue weighted by Crippen LogP contribution is -2.16. The van der Waals surface area contributed by atoms with Crippen LogP contribution in [-0.4, -0.2) is 0 Å². The Balaban J connectivity index is 1.07. The summed E-state index contributed by atoms with van der Waals surface area (Å²) < 4.78 is 0. The molecule has 6 aromatic rings. The summed E-state index contributed by atoms with van der Waals surface area (Å²) in [5.74, 6) is 0. The van der Waals surface area contributed by atoms with E-state index >= 15 is 0 Å². The van der Waals surface area contributed by atoms with Crippen molar-refractivity contribution in [1.82, 2.24) is 0 Å². The third-order valence-electron chi connectivity index (χ3n) is 12.2. The first-order valence-corrected chi connectivity index (χ1v) is 17.9. The van der Waals surface area contributed by atoms with Gasteiger partial charge in [0.05, 0.1) is 0 Å². The third-order valence-corrected chi connectivity index (χ3v) is 12.2. The summed E-state index contributed by atoms with van der Waals surface area (Å²) in [5.41, 5.74) is 24.4. The Bertz CT molecular complexity index is 2420. The second kappa shape index (κ2) is 10.1. The maximum atomic E-state index is 2.47. The highest BCUT2D eigenvalue weighted by molar-refractivity contribution is 5.89. The van der Waals surface area contributed by atoms with Crippen molar-refractivity contribution in [2.24, 2.45) is 0 Å². The van der Waals surface area contributed by atoms with Crippen LogP contribution < -0.4 is 0 Å². The minimum atomic E-state index is -0.101. The predicted octanol–water partition coefficient (Wildman–Crippen LogP) is 13.3. The number of hydrogen-bond donors (Lipinski definition) is 0. The molecule has 49 heavy (non-hydrogen) atoms. The normalized spacial score (nSPS) is 16.6. The van der Waals surface area contributed by atoms with Gasteiger partial charge in [0, 0.05) is 16.2 Å². The topological polar surface area (TPSA) is 0 Å². The van der Waals surface area contributed by atoms with Crippen molar-refractivity contribution >= 4 is 6.08 Å². The summed E-state index contributed by atoms with van der Waals surface area (Å²) in [4.78, 5) is 0. The lowest BCUT2D eigenvalue weighted by Gasteiger charge is -2.24. The van der Waals surface area contributed by atoms with Crippen LogP contribution in [-0.2, 0) is 16.2 Å². The molecule has 0 unspecified atom stereocenters. The highest BCUT2D eigenvalue weighted by Crippen LogP contribution is 2.54. The standard InChI is InChI=1S/C49H44/c1-9-10-30-12-18-36-38-20-14-32(26-44(38)48(5,6)42(36)24-30)34-16-22-40-39-21-15-33(27-45(39)49(7,8)46(40)28-34)31-13-19-37-35-17-11-29(2)23-41(35)47(3,4)43(37)25-31/h9-28H,1-8H3/b10-9+. The van der Waals surface area contributed by atoms with Crippen LogP contribution >= 0.6 is 0 Å². The van der Waals surface area contributed by atoms with E-state index in [0.717, 1.165) is 0 Å². The molecule has 6 aromatic carbocycles. The number of benzene rings is 6. The molecule has 0 fully saturated rings. The summed E-state index contributed by atoms with van der Waals surface area (Å²) >= 11 is 0. The van der Waals surface area contributed by atoms with Crippen LogP contribution in [0.2, 0.25) is 0 Å². The van der Waals surface area contributed by atoms with E-state index in [0.29, 0.717) is 0 Å². The zero-order chi connectivity index (χ0) is 34.0. The van der Waals surface area contributed by atoms with Crippen molar-refractivity contribution in [3.8, 4) is 55.6 Å². The van der Waals surface area contributed by atoms with Gasteiger partial charge in [0.2, 0.25) is 0 Å². The monoisotopic (exact) mass is 632 g/mol. The van der Waals surface area contributed by atoms with Crippen LogP contribution in [0.3, 0.4) is 0 Å². The Morgan fingerprint density at radius 3 is 1.04 bits per heavy atom. The van der Waals surface area contributed by atoms with Crippen molar-refractivity contribution in [1.29, 1.82) is 0 Å². The van der Waals surface area contributed by atoms with Crippen molar-refractivity contribution in [2.75, 3.05) is 0 Å². The van der Waals surface area contributed by atoms with E-state index in [1.54, 1.807) is 0 Å². The first kappa shape index (κ1) is 30.1. The molecular weight excluding hydrogens is 589 g/mol. The van der Waals surface area contributed by atoms with Crippen LogP contribution in [0.15, 0.2) is 115 Å². The Morgan fingerprint density at radius 1 is 0.367 bits per heavy atom. The minimum absolute atomic E-state index is 0.0137. The molecule has 0 spiro atoms. The van der Waals surface area contributed by atoms with Crippen molar-refractivity contribution < 1.29 is 0 Å². The van der Waals surface area contributed by atoms with E-state index < -0.39 is 0 Å². The summed E-state index contributed by atoms with van der Waals surface area (Å²) in [6.45, 7) is 18.6. The number of aryl methyl sites for hydroxylation is 1. The number of allylic oxidation sites excluding steroid dienone is 1. The van der Waals surface area contributed by atoms with E-state index in [2.05, 4.69) is 177 Å². The SMILES string of the molecule is C/C=C/c1ccc2c(c1)C(C)(C)c1cc(-c3ccc4c(c3)C(C)(C)c3cc(-c5ccc6c(c5)C(C)(C)c5cc(C)ccc5-6)ccc3-4)ccc1-2. The summed E-state index contributed by atoms with van der Waals surface area (Å²) in [6.07, 6.45) is 4.32. The minimum Gasteiger partial charge on any atom is -0.0871 e. The molecule has 9 rings (SSSR count). The highest BCUT2D eigenvalue weighted by Gasteiger charge is 2.39. The maximum Gasteiger partial charge on any atom is 0.0159 e. The summed E-state index contributed by atoms with van der Waals surface area (Å²) in [6, 6.07) is 42.5. The van der Waals surface area contributed by atoms with Gasteiger partial charge in [-0.15, -0.1) is 0 Å². The molecule has 0 heteroatoms. The fourth-order valence-corrected chi connectivity index (χ4v) is 9.36. The molecule has 0 aliphatic heterocycles. The quantitative estimate of drug-likeness (QED) is 0.182. The molecule has 0 saturated heterocycles. The second-order valence-corrected chi connectivity index (χ2v) is 16.3. The lowest BCUT2D eigenvalue weighted by atomic mass is 9.79. The Morgan fingerprint density at radius 2 is 0.673 bits per heavy atom. The molecule has 240 valence electrons. The van der Waals surface area contributed by atoms with Gasteiger partial charge < -0.3 is 0 Å². The maximum absolute atomic E-state index is 2.47. The molecule has 0 heterocycles. The molecular formula is C49H44. The Labute approximate surface area is 292 Å². The molecule has 0 saturated carbocycles. The summed E-state index contributed by atoms with van der Waals surface area (Å²) in [7, 11) is 0. The molecule has 0 N–H and O–H groups in total. The van der Waals surface area contributed by atoms with Gasteiger partial charge >= 0.3 is 0 Å². The van der Waals surface area contributed by atoms with Gasteiger partial charge in [-0.2, -0.15) is 0 Å². The smallest absolute Gasteiger partial charge is 0.0159 e. The van der Waals surface area contributed by atoms with E-state index in [1.165, 1.54) is 100 Å². The van der Waals surface area contributed by atoms with Gasteiger partial charge in [-0.3, -0.25) is 0 Å². The molecule has 3 aliphatic rings. The molecule has 0 amide bonds. The summed E-state index contributed by atoms with van der Waals surface area (Å²) in [5, 5.41) is 0. The molecule has 0 bridgehead atoms. The van der Waals surface area contributed by atoms with Gasteiger partial charge in [-0.25, -0.2) is 0 Å². The van der Waals surface area contributed by atoms with Crippen molar-refractivity contribution in [2.45, 2.75) is 71.6 Å². The van der Waals surface area contributed by atoms with Gasteiger partial charge in [-0.05, 0) is 133 Å². The zero-order valence-electron chi connectivity index (χ0n) is 30.0. The van der Waals surface area contributed by atoms with Crippen LogP contribution in [0.1, 0.15) is 93.0 Å². The van der Waals surface area contributed by atoms with Crippen LogP contribution in [0.4, 0.5) is 0 Å². The van der Waals surface area contributed by atoms with Crippen LogP contribution in [0.25, 0.3) is 61.7 Å². The predicted molar refractivity (Wildman–Crippen MR) is 209 cm³/mol. The fourth-order valence-electron chi connectivity index (χ4n) is 9.36. The Hall–Kier alpha value is -4.94. The zero-order valence-corrected chi connectivity index (χ0v) is 30.0. The average Bonchev–Trinajstić information content (AvgIpc) is 3.56. The first-order chi connectivity index (χ1) is 23.4. The number of rotatable bonds is 3. The first-order valence-electron chi connectivity index (χ1n) is 17.9. The highest BCUT2D eigenvalue weighted by atomic mass is 14.4. The van der Waals surface area contributed by atoms with Gasteiger partial charge in [0.1, 0.15) is 0 Å². The fraction of sp³-hybridized carbons (Fsp3) is 0.224. The molecule has 0 atom stereocenters. The van der Waals surface area contributed by atoms with E-state index in [1.807, 2.05) is 0 Å². The molecule has 0 radical (unpaired) electrons. The largest absolute Gasteiger partial charge is 0.0871 e. The van der Waals surface area contributed by atoms with E-state index in [-0.39, 0.29) is 16.2 Å². The molecule has 0 aromatic heterocycles.